The molecular weight excluding hydrogens is 387 g/mol. The van der Waals surface area contributed by atoms with Gasteiger partial charge in [-0.15, -0.1) is 0 Å². The average Bonchev–Trinajstić information content (AvgIpc) is 2.80. The molecule has 0 atom stereocenters. The number of anilines is 3. The normalized spacial score (nSPS) is 10.3. The zero-order chi connectivity index (χ0) is 14.5. The number of para-hydroxylation sites is 1. The number of hydrogen-bond donors (Lipinski definition) is 3. The first-order valence-corrected chi connectivity index (χ1v) is 8.07. The van der Waals surface area contributed by atoms with E-state index in [2.05, 4.69) is 45.1 Å². The number of aromatic nitrogens is 1. The molecule has 1 amide bonds. The highest BCUT2D eigenvalue weighted by molar-refractivity contribution is 14.1. The van der Waals surface area contributed by atoms with E-state index < -0.39 is 0 Å². The van der Waals surface area contributed by atoms with E-state index in [-0.39, 0.29) is 11.7 Å². The number of amides is 1. The largest absolute Gasteiger partial charge is 0.382 e. The second-order valence-electron chi connectivity index (χ2n) is 4.09. The lowest BCUT2D eigenvalue weighted by atomic mass is 10.3. The topological polar surface area (TPSA) is 80.0 Å². The Morgan fingerprint density at radius 3 is 2.90 bits per heavy atom. The maximum absolute atomic E-state index is 12.2. The highest BCUT2D eigenvalue weighted by atomic mass is 127. The van der Waals surface area contributed by atoms with Gasteiger partial charge < -0.3 is 16.4 Å². The Hall–Kier alpha value is -1.35. The van der Waals surface area contributed by atoms with E-state index in [4.69, 9.17) is 5.73 Å². The highest BCUT2D eigenvalue weighted by Gasteiger charge is 2.16. The summed E-state index contributed by atoms with van der Waals surface area (Å²) in [6.45, 7) is 2.87. The summed E-state index contributed by atoms with van der Waals surface area (Å²) in [7, 11) is 0. The fourth-order valence-corrected chi connectivity index (χ4v) is 2.87. The van der Waals surface area contributed by atoms with Crippen molar-refractivity contribution < 1.29 is 4.79 Å². The molecule has 0 spiro atoms. The molecule has 4 N–H and O–H groups in total. The molecule has 0 radical (unpaired) electrons. The van der Waals surface area contributed by atoms with Gasteiger partial charge in [0.1, 0.15) is 10.7 Å². The van der Waals surface area contributed by atoms with Gasteiger partial charge in [0, 0.05) is 10.1 Å². The zero-order valence-corrected chi connectivity index (χ0v) is 13.9. The first-order chi connectivity index (χ1) is 9.61. The summed E-state index contributed by atoms with van der Waals surface area (Å²) >= 11 is 3.45. The molecule has 1 aromatic heterocycles. The third-order valence-corrected chi connectivity index (χ3v) is 4.48. The molecule has 0 saturated heterocycles. The van der Waals surface area contributed by atoms with Crippen molar-refractivity contribution in [3.05, 3.63) is 32.7 Å². The molecule has 5 nitrogen and oxygen atoms in total. The Morgan fingerprint density at radius 1 is 1.45 bits per heavy atom. The van der Waals surface area contributed by atoms with Crippen molar-refractivity contribution in [2.24, 2.45) is 0 Å². The molecule has 1 heterocycles. The summed E-state index contributed by atoms with van der Waals surface area (Å²) in [5.41, 5.74) is 6.57. The predicted molar refractivity (Wildman–Crippen MR) is 92.4 cm³/mol. The maximum Gasteiger partial charge on any atom is 0.269 e. The van der Waals surface area contributed by atoms with Crippen LogP contribution in [0.1, 0.15) is 23.0 Å². The van der Waals surface area contributed by atoms with Crippen molar-refractivity contribution in [3.8, 4) is 0 Å². The minimum atomic E-state index is -0.228. The summed E-state index contributed by atoms with van der Waals surface area (Å²) < 4.78 is 0.978. The van der Waals surface area contributed by atoms with E-state index >= 15 is 0 Å². The third kappa shape index (κ3) is 3.60. The zero-order valence-electron chi connectivity index (χ0n) is 10.9. The molecule has 106 valence electrons. The van der Waals surface area contributed by atoms with E-state index in [0.717, 1.165) is 22.2 Å². The maximum atomic E-state index is 12.2. The molecule has 7 heteroatoms. The van der Waals surface area contributed by atoms with Crippen LogP contribution in [0.5, 0.6) is 0 Å². The summed E-state index contributed by atoms with van der Waals surface area (Å²) in [6.07, 6.45) is 0.989. The Bertz CT molecular complexity index is 614. The molecule has 0 aliphatic carbocycles. The minimum Gasteiger partial charge on any atom is -0.382 e. The number of rotatable bonds is 5. The molecule has 0 bridgehead atoms. The predicted octanol–water partition coefficient (Wildman–Crippen LogP) is 3.40. The Labute approximate surface area is 135 Å². The van der Waals surface area contributed by atoms with Crippen molar-refractivity contribution in [3.63, 3.8) is 0 Å². The quantitative estimate of drug-likeness (QED) is 0.670. The van der Waals surface area contributed by atoms with Crippen molar-refractivity contribution in [2.75, 3.05) is 22.9 Å². The van der Waals surface area contributed by atoms with Gasteiger partial charge in [0.25, 0.3) is 5.91 Å². The van der Waals surface area contributed by atoms with Crippen LogP contribution < -0.4 is 16.4 Å². The van der Waals surface area contributed by atoms with Crippen LogP contribution >= 0.6 is 33.9 Å². The van der Waals surface area contributed by atoms with Gasteiger partial charge in [-0.3, -0.25) is 4.79 Å². The van der Waals surface area contributed by atoms with Gasteiger partial charge in [0.05, 0.1) is 5.69 Å². The van der Waals surface area contributed by atoms with E-state index in [9.17, 15) is 4.79 Å². The lowest BCUT2D eigenvalue weighted by molar-refractivity contribution is 0.103. The lowest BCUT2D eigenvalue weighted by Crippen LogP contribution is -2.12. The van der Waals surface area contributed by atoms with Gasteiger partial charge in [-0.05, 0) is 41.1 Å². The van der Waals surface area contributed by atoms with E-state index in [0.29, 0.717) is 10.0 Å². The number of benzene rings is 1. The van der Waals surface area contributed by atoms with Gasteiger partial charge in [0.2, 0.25) is 0 Å². The molecule has 0 aliphatic heterocycles. The number of carbonyl (C=O) groups is 1. The van der Waals surface area contributed by atoms with Gasteiger partial charge in [-0.1, -0.05) is 30.4 Å². The monoisotopic (exact) mass is 402 g/mol. The molecule has 0 saturated carbocycles. The molecule has 2 rings (SSSR count). The van der Waals surface area contributed by atoms with Gasteiger partial charge in [0.15, 0.2) is 5.13 Å². The number of nitrogen functional groups attached to an aromatic ring is 1. The van der Waals surface area contributed by atoms with Crippen LogP contribution in [0.15, 0.2) is 24.3 Å². The number of hydrogen-bond acceptors (Lipinski definition) is 5. The third-order valence-electron chi connectivity index (χ3n) is 2.51. The van der Waals surface area contributed by atoms with Crippen molar-refractivity contribution in [2.45, 2.75) is 13.3 Å². The number of carbonyl (C=O) groups excluding carboxylic acids is 1. The van der Waals surface area contributed by atoms with Crippen LogP contribution in [0.2, 0.25) is 0 Å². The molecule has 2 aromatic rings. The Balaban J connectivity index is 2.13. The highest BCUT2D eigenvalue weighted by Crippen LogP contribution is 2.26. The fraction of sp³-hybridized carbons (Fsp3) is 0.231. The van der Waals surface area contributed by atoms with E-state index in [1.807, 2.05) is 24.3 Å². The molecule has 0 unspecified atom stereocenters. The van der Waals surface area contributed by atoms with Gasteiger partial charge >= 0.3 is 0 Å². The lowest BCUT2D eigenvalue weighted by Gasteiger charge is -2.05. The van der Waals surface area contributed by atoms with Crippen LogP contribution in [0.4, 0.5) is 16.6 Å². The number of halogens is 1. The van der Waals surface area contributed by atoms with Crippen LogP contribution in [0, 0.1) is 3.57 Å². The summed E-state index contributed by atoms with van der Waals surface area (Å²) in [5.74, 6) is 0.0331. The standard InChI is InChI=1S/C13H15IN4OS/c1-2-7-16-13-18-11(15)10(20-13)12(19)17-9-6-4-3-5-8(9)14/h3-6H,2,7,15H2,1H3,(H,16,18)(H,17,19). The SMILES string of the molecule is CCCNc1nc(N)c(C(=O)Nc2ccccc2I)s1. The number of thiazole rings is 1. The van der Waals surface area contributed by atoms with Crippen molar-refractivity contribution in [1.82, 2.24) is 4.98 Å². The number of nitrogens with one attached hydrogen (secondary N) is 2. The summed E-state index contributed by atoms with van der Waals surface area (Å²) in [6, 6.07) is 7.58. The second kappa shape index (κ2) is 6.89. The van der Waals surface area contributed by atoms with Crippen molar-refractivity contribution in [1.29, 1.82) is 0 Å². The van der Waals surface area contributed by atoms with Gasteiger partial charge in [-0.25, -0.2) is 4.98 Å². The van der Waals surface area contributed by atoms with Crippen LogP contribution in [0.25, 0.3) is 0 Å². The molecule has 1 aromatic carbocycles. The molecule has 0 aliphatic rings. The number of nitrogens with zero attached hydrogens (tertiary/aromatic N) is 1. The number of nitrogens with two attached hydrogens (primary N) is 1. The van der Waals surface area contributed by atoms with Crippen LogP contribution in [-0.4, -0.2) is 17.4 Å². The molecule has 0 fully saturated rings. The van der Waals surface area contributed by atoms with Crippen LogP contribution in [0.3, 0.4) is 0 Å². The molecule has 20 heavy (non-hydrogen) atoms. The summed E-state index contributed by atoms with van der Waals surface area (Å²) in [4.78, 5) is 16.8. The van der Waals surface area contributed by atoms with Gasteiger partial charge in [-0.2, -0.15) is 0 Å². The van der Waals surface area contributed by atoms with Crippen LogP contribution in [-0.2, 0) is 0 Å². The first-order valence-electron chi connectivity index (χ1n) is 6.18. The smallest absolute Gasteiger partial charge is 0.269 e. The van der Waals surface area contributed by atoms with Crippen molar-refractivity contribution >= 4 is 56.5 Å². The molecular formula is C13H15IN4OS. The summed E-state index contributed by atoms with van der Waals surface area (Å²) in [5, 5.41) is 6.66. The Morgan fingerprint density at radius 2 is 2.20 bits per heavy atom. The fourth-order valence-electron chi connectivity index (χ4n) is 1.54. The first kappa shape index (κ1) is 15.0. The van der Waals surface area contributed by atoms with E-state index in [1.54, 1.807) is 0 Å². The van der Waals surface area contributed by atoms with E-state index in [1.165, 1.54) is 11.3 Å². The Kier molecular flexibility index (Phi) is 5.18. The minimum absolute atomic E-state index is 0.228. The second-order valence-corrected chi connectivity index (χ2v) is 6.26. The average molecular weight is 402 g/mol.